The van der Waals surface area contributed by atoms with E-state index in [4.69, 9.17) is 5.11 Å². The minimum Gasteiger partial charge on any atom is -0.480 e. The number of rotatable bonds is 2. The summed E-state index contributed by atoms with van der Waals surface area (Å²) < 4.78 is 4.58. The maximum atomic E-state index is 11.2. The van der Waals surface area contributed by atoms with E-state index >= 15 is 0 Å². The molecule has 0 spiro atoms. The van der Waals surface area contributed by atoms with E-state index in [0.29, 0.717) is 4.90 Å². The van der Waals surface area contributed by atoms with Crippen LogP contribution in [0.5, 0.6) is 0 Å². The van der Waals surface area contributed by atoms with E-state index in [9.17, 15) is 14.4 Å². The van der Waals surface area contributed by atoms with Crippen molar-refractivity contribution >= 4 is 18.0 Å². The van der Waals surface area contributed by atoms with Gasteiger partial charge in [0.05, 0.1) is 6.61 Å². The highest BCUT2D eigenvalue weighted by Gasteiger charge is 2.41. The van der Waals surface area contributed by atoms with Crippen LogP contribution < -0.4 is 0 Å². The zero-order valence-corrected chi connectivity index (χ0v) is 7.73. The van der Waals surface area contributed by atoms with Crippen LogP contribution in [0.4, 0.5) is 4.79 Å². The van der Waals surface area contributed by atoms with Gasteiger partial charge in [-0.2, -0.15) is 0 Å². The average Bonchev–Trinajstić information content (AvgIpc) is 2.47. The lowest BCUT2D eigenvalue weighted by molar-refractivity contribution is -0.145. The van der Waals surface area contributed by atoms with Crippen molar-refractivity contribution in [2.75, 3.05) is 6.61 Å². The van der Waals surface area contributed by atoms with Crippen molar-refractivity contribution in [2.45, 2.75) is 25.8 Å². The highest BCUT2D eigenvalue weighted by Crippen LogP contribution is 2.19. The molecule has 6 heteroatoms. The van der Waals surface area contributed by atoms with E-state index in [1.165, 1.54) is 0 Å². The first-order valence-electron chi connectivity index (χ1n) is 4.29. The topological polar surface area (TPSA) is 83.9 Å². The van der Waals surface area contributed by atoms with Crippen LogP contribution in [0.2, 0.25) is 0 Å². The second kappa shape index (κ2) is 4.08. The van der Waals surface area contributed by atoms with Crippen molar-refractivity contribution < 1.29 is 24.2 Å². The minimum atomic E-state index is -1.18. The summed E-state index contributed by atoms with van der Waals surface area (Å²) in [6.45, 7) is 1.71. The molecule has 0 unspecified atom stereocenters. The number of likely N-dealkylation sites (tertiary alicyclic amines) is 1. The van der Waals surface area contributed by atoms with Crippen molar-refractivity contribution in [1.29, 1.82) is 0 Å². The van der Waals surface area contributed by atoms with Crippen molar-refractivity contribution in [3.8, 4) is 0 Å². The Hall–Kier alpha value is -1.59. The number of carboxylic acid groups (broad SMARTS) is 1. The van der Waals surface area contributed by atoms with E-state index in [0.717, 1.165) is 0 Å². The predicted molar refractivity (Wildman–Crippen MR) is 44.5 cm³/mol. The molecule has 1 N–H and O–H groups in total. The van der Waals surface area contributed by atoms with Crippen molar-refractivity contribution in [2.24, 2.45) is 0 Å². The lowest BCUT2D eigenvalue weighted by Gasteiger charge is -2.18. The monoisotopic (exact) mass is 201 g/mol. The van der Waals surface area contributed by atoms with Gasteiger partial charge in [-0.1, -0.05) is 0 Å². The quantitative estimate of drug-likeness (QED) is 0.690. The molecule has 0 saturated carbocycles. The third-order valence-corrected chi connectivity index (χ3v) is 1.96. The molecular weight excluding hydrogens is 190 g/mol. The number of carbonyl (C=O) groups is 3. The van der Waals surface area contributed by atoms with E-state index < -0.39 is 24.0 Å². The van der Waals surface area contributed by atoms with Crippen LogP contribution in [0.3, 0.4) is 0 Å². The molecule has 2 amide bonds. The molecule has 1 atom stereocenters. The Bertz CT molecular complexity index is 275. The summed E-state index contributed by atoms with van der Waals surface area (Å²) in [5.74, 6) is -1.67. The van der Waals surface area contributed by atoms with Gasteiger partial charge >= 0.3 is 12.1 Å². The molecule has 1 heterocycles. The molecule has 1 aliphatic rings. The summed E-state index contributed by atoms with van der Waals surface area (Å²) in [6, 6.07) is -1.07. The van der Waals surface area contributed by atoms with Gasteiger partial charge in [-0.05, 0) is 13.3 Å². The van der Waals surface area contributed by atoms with Crippen LogP contribution in [0.1, 0.15) is 19.8 Å². The van der Waals surface area contributed by atoms with Crippen LogP contribution >= 0.6 is 0 Å². The van der Waals surface area contributed by atoms with Crippen LogP contribution in [0.25, 0.3) is 0 Å². The molecule has 0 aromatic rings. The molecule has 78 valence electrons. The third-order valence-electron chi connectivity index (χ3n) is 1.96. The number of amides is 2. The first kappa shape index (κ1) is 10.5. The maximum absolute atomic E-state index is 11.2. The van der Waals surface area contributed by atoms with Gasteiger partial charge in [0.25, 0.3) is 0 Å². The Balaban J connectivity index is 2.76. The summed E-state index contributed by atoms with van der Waals surface area (Å²) >= 11 is 0. The van der Waals surface area contributed by atoms with Crippen LogP contribution in [0, 0.1) is 0 Å². The zero-order chi connectivity index (χ0) is 10.7. The summed E-state index contributed by atoms with van der Waals surface area (Å²) in [5, 5.41) is 8.72. The van der Waals surface area contributed by atoms with Gasteiger partial charge in [0.2, 0.25) is 5.91 Å². The number of ether oxygens (including phenoxy) is 1. The molecule has 0 radical (unpaired) electrons. The molecular formula is C8H11NO5. The number of carbonyl (C=O) groups excluding carboxylic acids is 2. The van der Waals surface area contributed by atoms with Gasteiger partial charge < -0.3 is 9.84 Å². The smallest absolute Gasteiger partial charge is 0.417 e. The fraction of sp³-hybridized carbons (Fsp3) is 0.625. The van der Waals surface area contributed by atoms with Gasteiger partial charge in [-0.3, -0.25) is 4.79 Å². The first-order chi connectivity index (χ1) is 6.57. The third kappa shape index (κ3) is 1.84. The van der Waals surface area contributed by atoms with E-state index in [2.05, 4.69) is 4.74 Å². The second-order valence-corrected chi connectivity index (χ2v) is 2.86. The van der Waals surface area contributed by atoms with Crippen LogP contribution in [0.15, 0.2) is 0 Å². The van der Waals surface area contributed by atoms with E-state index in [1.54, 1.807) is 6.92 Å². The molecule has 1 saturated heterocycles. The fourth-order valence-corrected chi connectivity index (χ4v) is 1.34. The highest BCUT2D eigenvalue weighted by molar-refractivity contribution is 5.99. The molecule has 14 heavy (non-hydrogen) atoms. The largest absolute Gasteiger partial charge is 0.480 e. The first-order valence-corrected chi connectivity index (χ1v) is 4.29. The minimum absolute atomic E-state index is 0.0791. The molecule has 1 rings (SSSR count). The van der Waals surface area contributed by atoms with Crippen LogP contribution in [-0.4, -0.2) is 40.6 Å². The van der Waals surface area contributed by atoms with Gasteiger partial charge in [0.15, 0.2) is 0 Å². The molecule has 0 bridgehead atoms. The van der Waals surface area contributed by atoms with Crippen molar-refractivity contribution in [3.05, 3.63) is 0 Å². The Labute approximate surface area is 80.4 Å². The van der Waals surface area contributed by atoms with E-state index in [1.807, 2.05) is 0 Å². The number of nitrogens with zero attached hydrogens (tertiary/aromatic N) is 1. The molecule has 0 aromatic heterocycles. The lowest BCUT2D eigenvalue weighted by Crippen LogP contribution is -2.43. The van der Waals surface area contributed by atoms with Crippen LogP contribution in [-0.2, 0) is 14.3 Å². The number of hydrogen-bond donors (Lipinski definition) is 1. The number of aliphatic carboxylic acids is 1. The Kier molecular flexibility index (Phi) is 3.06. The second-order valence-electron chi connectivity index (χ2n) is 2.86. The van der Waals surface area contributed by atoms with Gasteiger partial charge in [0, 0.05) is 6.42 Å². The molecule has 1 aliphatic heterocycles. The predicted octanol–water partition coefficient (Wildman–Crippen LogP) is 0.219. The molecule has 1 fully saturated rings. The van der Waals surface area contributed by atoms with Gasteiger partial charge in [-0.15, -0.1) is 0 Å². The van der Waals surface area contributed by atoms with Gasteiger partial charge in [-0.25, -0.2) is 14.5 Å². The summed E-state index contributed by atoms with van der Waals surface area (Å²) in [5.41, 5.74) is 0. The van der Waals surface area contributed by atoms with Crippen molar-refractivity contribution in [1.82, 2.24) is 4.90 Å². The zero-order valence-electron chi connectivity index (χ0n) is 7.73. The van der Waals surface area contributed by atoms with Crippen molar-refractivity contribution in [3.63, 3.8) is 0 Å². The average molecular weight is 201 g/mol. The van der Waals surface area contributed by atoms with Gasteiger partial charge in [0.1, 0.15) is 6.04 Å². The molecule has 0 aliphatic carbocycles. The Morgan fingerprint density at radius 3 is 2.79 bits per heavy atom. The summed E-state index contributed by atoms with van der Waals surface area (Å²) in [6.07, 6.45) is -0.634. The maximum Gasteiger partial charge on any atom is 0.417 e. The normalized spacial score (nSPS) is 21.1. The summed E-state index contributed by atoms with van der Waals surface area (Å²) in [7, 11) is 0. The molecule has 6 nitrogen and oxygen atoms in total. The fourth-order valence-electron chi connectivity index (χ4n) is 1.34. The SMILES string of the molecule is CCOC(=O)N1C(=O)CC[C@@H]1C(=O)O. The number of imide groups is 1. The Morgan fingerprint density at radius 2 is 2.29 bits per heavy atom. The number of hydrogen-bond acceptors (Lipinski definition) is 4. The summed E-state index contributed by atoms with van der Waals surface area (Å²) in [4.78, 5) is 33.7. The Morgan fingerprint density at radius 1 is 1.64 bits per heavy atom. The van der Waals surface area contributed by atoms with E-state index in [-0.39, 0.29) is 19.4 Å². The highest BCUT2D eigenvalue weighted by atomic mass is 16.6. The number of carboxylic acids is 1. The standard InChI is InChI=1S/C8H11NO5/c1-2-14-8(13)9-5(7(11)12)3-4-6(9)10/h5H,2-4H2,1H3,(H,11,12)/t5-/m1/s1. The molecule has 0 aromatic carbocycles. The lowest BCUT2D eigenvalue weighted by atomic mass is 10.2.